The first-order valence-electron chi connectivity index (χ1n) is 3.10. The molecule has 0 fully saturated rings. The fourth-order valence-electron chi connectivity index (χ4n) is 0.462. The first-order chi connectivity index (χ1) is 3.91. The first-order valence-corrected chi connectivity index (χ1v) is 3.10. The van der Waals surface area contributed by atoms with Crippen LogP contribution in [-0.4, -0.2) is 13.2 Å². The van der Waals surface area contributed by atoms with Gasteiger partial charge in [0.25, 0.3) is 0 Å². The van der Waals surface area contributed by atoms with E-state index in [0.29, 0.717) is 0 Å². The highest BCUT2D eigenvalue weighted by atomic mass is 16.5. The fraction of sp³-hybridized carbons (Fsp3) is 0.714. The van der Waals surface area contributed by atoms with E-state index in [4.69, 9.17) is 4.74 Å². The van der Waals surface area contributed by atoms with Crippen molar-refractivity contribution in [3.05, 3.63) is 12.2 Å². The van der Waals surface area contributed by atoms with Gasteiger partial charge in [-0.3, -0.25) is 0 Å². The zero-order valence-corrected chi connectivity index (χ0v) is 5.68. The molecule has 0 aliphatic carbocycles. The second kappa shape index (κ2) is 6.70. The van der Waals surface area contributed by atoms with E-state index in [-0.39, 0.29) is 0 Å². The molecule has 48 valence electrons. The lowest BCUT2D eigenvalue weighted by molar-refractivity contribution is 0.152. The third-order valence-electron chi connectivity index (χ3n) is 0.869. The van der Waals surface area contributed by atoms with Crippen molar-refractivity contribution in [2.24, 2.45) is 0 Å². The summed E-state index contributed by atoms with van der Waals surface area (Å²) < 4.78 is 5.08. The van der Waals surface area contributed by atoms with Gasteiger partial charge in [-0.2, -0.15) is 0 Å². The zero-order chi connectivity index (χ0) is 6.24. The molecule has 0 bridgehead atoms. The number of ether oxygens (including phenoxy) is 1. The van der Waals surface area contributed by atoms with Crippen LogP contribution in [0.5, 0.6) is 0 Å². The maximum Gasteiger partial charge on any atom is 0.0500 e. The lowest BCUT2D eigenvalue weighted by Gasteiger charge is -1.93. The van der Waals surface area contributed by atoms with Crippen LogP contribution in [0.4, 0.5) is 0 Å². The summed E-state index contributed by atoms with van der Waals surface area (Å²) >= 11 is 0. The van der Waals surface area contributed by atoms with E-state index in [9.17, 15) is 0 Å². The normalized spacial score (nSPS) is 10.8. The van der Waals surface area contributed by atoms with Crippen molar-refractivity contribution < 1.29 is 4.74 Å². The van der Waals surface area contributed by atoms with Gasteiger partial charge in [-0.25, -0.2) is 0 Å². The number of hydrogen-bond acceptors (Lipinski definition) is 1. The molecule has 0 aliphatic heterocycles. The average molecular weight is 114 g/mol. The topological polar surface area (TPSA) is 9.23 Å². The molecular weight excluding hydrogens is 100 g/mol. The Kier molecular flexibility index (Phi) is 6.45. The van der Waals surface area contributed by atoms with Crippen molar-refractivity contribution in [1.82, 2.24) is 0 Å². The van der Waals surface area contributed by atoms with Gasteiger partial charge in [0.1, 0.15) is 0 Å². The van der Waals surface area contributed by atoms with E-state index < -0.39 is 0 Å². The number of allylic oxidation sites excluding steroid dienone is 1. The smallest absolute Gasteiger partial charge is 0.0500 e. The molecule has 0 aromatic carbocycles. The Hall–Kier alpha value is -0.300. The van der Waals surface area contributed by atoms with Crippen molar-refractivity contribution in [1.29, 1.82) is 0 Å². The Labute approximate surface area is 51.4 Å². The highest BCUT2D eigenvalue weighted by Gasteiger charge is 1.76. The van der Waals surface area contributed by atoms with Gasteiger partial charge in [0, 0.05) is 13.2 Å². The molecule has 0 heterocycles. The lowest BCUT2D eigenvalue weighted by atomic mass is 10.4. The van der Waals surface area contributed by atoms with E-state index in [1.54, 1.807) is 0 Å². The largest absolute Gasteiger partial charge is 0.381 e. The van der Waals surface area contributed by atoms with Crippen LogP contribution in [0.15, 0.2) is 12.2 Å². The van der Waals surface area contributed by atoms with Crippen LogP contribution >= 0.6 is 0 Å². The van der Waals surface area contributed by atoms with Gasteiger partial charge >= 0.3 is 0 Å². The van der Waals surface area contributed by atoms with E-state index in [0.717, 1.165) is 19.6 Å². The predicted octanol–water partition coefficient (Wildman–Crippen LogP) is 1.99. The fourth-order valence-corrected chi connectivity index (χ4v) is 0.462. The summed E-state index contributed by atoms with van der Waals surface area (Å²) in [5.41, 5.74) is 0. The molecule has 1 nitrogen and oxygen atoms in total. The van der Waals surface area contributed by atoms with Gasteiger partial charge in [-0.1, -0.05) is 12.2 Å². The summed E-state index contributed by atoms with van der Waals surface area (Å²) in [6, 6.07) is 0. The van der Waals surface area contributed by atoms with Gasteiger partial charge in [-0.15, -0.1) is 0 Å². The Morgan fingerprint density at radius 2 is 2.25 bits per heavy atom. The van der Waals surface area contributed by atoms with Crippen molar-refractivity contribution >= 4 is 0 Å². The van der Waals surface area contributed by atoms with Crippen LogP contribution in [0.25, 0.3) is 0 Å². The minimum atomic E-state index is 0.831. The van der Waals surface area contributed by atoms with Crippen molar-refractivity contribution in [2.75, 3.05) is 13.2 Å². The van der Waals surface area contributed by atoms with Crippen LogP contribution in [0.1, 0.15) is 20.3 Å². The molecular formula is C7H14O. The molecule has 0 aliphatic rings. The van der Waals surface area contributed by atoms with Crippen LogP contribution in [0, 0.1) is 0 Å². The summed E-state index contributed by atoms with van der Waals surface area (Å²) in [6.45, 7) is 5.72. The molecule has 0 aromatic rings. The molecule has 8 heavy (non-hydrogen) atoms. The summed E-state index contributed by atoms with van der Waals surface area (Å²) in [4.78, 5) is 0. The molecule has 0 rings (SSSR count). The first kappa shape index (κ1) is 7.70. The Morgan fingerprint density at radius 1 is 1.50 bits per heavy atom. The van der Waals surface area contributed by atoms with Gasteiger partial charge < -0.3 is 4.74 Å². The third-order valence-corrected chi connectivity index (χ3v) is 0.869. The van der Waals surface area contributed by atoms with Crippen molar-refractivity contribution in [3.63, 3.8) is 0 Å². The lowest BCUT2D eigenvalue weighted by Crippen LogP contribution is -1.89. The Bertz CT molecular complexity index is 57.4. The van der Waals surface area contributed by atoms with Crippen molar-refractivity contribution in [2.45, 2.75) is 20.3 Å². The van der Waals surface area contributed by atoms with Gasteiger partial charge in [0.2, 0.25) is 0 Å². The second-order valence-electron chi connectivity index (χ2n) is 1.55. The molecule has 0 spiro atoms. The molecule has 1 heteroatoms. The summed E-state index contributed by atoms with van der Waals surface area (Å²) in [6.07, 6.45) is 5.19. The van der Waals surface area contributed by atoms with Gasteiger partial charge in [-0.05, 0) is 20.3 Å². The second-order valence-corrected chi connectivity index (χ2v) is 1.55. The van der Waals surface area contributed by atoms with Crippen LogP contribution in [-0.2, 0) is 4.74 Å². The Balaban J connectivity index is 2.72. The molecule has 0 radical (unpaired) electrons. The number of rotatable bonds is 4. The van der Waals surface area contributed by atoms with Crippen LogP contribution in [0.2, 0.25) is 0 Å². The maximum absolute atomic E-state index is 5.08. The monoisotopic (exact) mass is 114 g/mol. The summed E-state index contributed by atoms with van der Waals surface area (Å²) in [7, 11) is 0. The summed E-state index contributed by atoms with van der Waals surface area (Å²) in [5, 5.41) is 0. The minimum Gasteiger partial charge on any atom is -0.381 e. The van der Waals surface area contributed by atoms with Gasteiger partial charge in [0.05, 0.1) is 0 Å². The maximum atomic E-state index is 5.08. The highest BCUT2D eigenvalue weighted by molar-refractivity contribution is 4.75. The molecule has 0 N–H and O–H groups in total. The van der Waals surface area contributed by atoms with Gasteiger partial charge in [0.15, 0.2) is 0 Å². The number of hydrogen-bond donors (Lipinski definition) is 0. The molecule has 0 aromatic heterocycles. The van der Waals surface area contributed by atoms with Crippen molar-refractivity contribution in [3.8, 4) is 0 Å². The minimum absolute atomic E-state index is 0.831. The van der Waals surface area contributed by atoms with Crippen LogP contribution in [0.3, 0.4) is 0 Å². The van der Waals surface area contributed by atoms with E-state index in [2.05, 4.69) is 6.08 Å². The third kappa shape index (κ3) is 5.70. The van der Waals surface area contributed by atoms with E-state index >= 15 is 0 Å². The predicted molar refractivity (Wildman–Crippen MR) is 35.9 cm³/mol. The summed E-state index contributed by atoms with van der Waals surface area (Å²) in [5.74, 6) is 0. The quantitative estimate of drug-likeness (QED) is 0.401. The standard InChI is InChI=1S/C7H14O/c1-3-5-6-7-8-4-2/h3,5H,4,6-7H2,1-2H3/b5-3-. The molecule has 0 saturated carbocycles. The highest BCUT2D eigenvalue weighted by Crippen LogP contribution is 1.83. The van der Waals surface area contributed by atoms with E-state index in [1.165, 1.54) is 0 Å². The SMILES string of the molecule is C/C=C\CCOCC. The average Bonchev–Trinajstić information content (AvgIpc) is 1.81. The molecule has 0 unspecified atom stereocenters. The molecule has 0 saturated heterocycles. The molecule has 0 atom stereocenters. The Morgan fingerprint density at radius 3 is 2.75 bits per heavy atom. The molecule has 0 amide bonds. The van der Waals surface area contributed by atoms with Crippen LogP contribution < -0.4 is 0 Å². The zero-order valence-electron chi connectivity index (χ0n) is 5.68. The van der Waals surface area contributed by atoms with E-state index in [1.807, 2.05) is 19.9 Å².